The molecule has 0 aliphatic rings. The van der Waals surface area contributed by atoms with E-state index in [0.717, 1.165) is 11.2 Å². The lowest BCUT2D eigenvalue weighted by molar-refractivity contribution is 0.629. The lowest BCUT2D eigenvalue weighted by atomic mass is 10.3. The number of fused-ring (bicyclic) bond motifs is 1. The van der Waals surface area contributed by atoms with Crippen LogP contribution in [0.3, 0.4) is 0 Å². The molecule has 0 aliphatic carbocycles. The molecule has 0 radical (unpaired) electrons. The van der Waals surface area contributed by atoms with E-state index in [9.17, 15) is 4.39 Å². The molecule has 0 amide bonds. The number of anilines is 2. The van der Waals surface area contributed by atoms with Crippen molar-refractivity contribution in [1.82, 2.24) is 14.5 Å². The fraction of sp³-hybridized carbons (Fsp3) is 0.154. The number of nitrogens with two attached hydrogens (primary N) is 1. The summed E-state index contributed by atoms with van der Waals surface area (Å²) in [6, 6.07) is 6.46. The molecular formula is C13H14FN5. The molecule has 3 rings (SSSR count). The number of hydrogen-bond acceptors (Lipinski definition) is 3. The highest BCUT2D eigenvalue weighted by molar-refractivity contribution is 5.79. The quantitative estimate of drug-likeness (QED) is 0.672. The van der Waals surface area contributed by atoms with E-state index in [-0.39, 0.29) is 5.82 Å². The van der Waals surface area contributed by atoms with Crippen LogP contribution in [0.15, 0.2) is 36.7 Å². The minimum Gasteiger partial charge on any atom is -0.366 e. The van der Waals surface area contributed by atoms with E-state index in [1.54, 1.807) is 6.07 Å². The molecule has 0 fully saturated rings. The summed E-state index contributed by atoms with van der Waals surface area (Å²) in [4.78, 5) is 7.37. The molecular weight excluding hydrogens is 245 g/mol. The average molecular weight is 259 g/mol. The second-order valence-electron chi connectivity index (χ2n) is 4.23. The predicted octanol–water partition coefficient (Wildman–Crippen LogP) is 2.21. The van der Waals surface area contributed by atoms with Crippen LogP contribution >= 0.6 is 0 Å². The Balaban J connectivity index is 2.08. The maximum atomic E-state index is 13.2. The van der Waals surface area contributed by atoms with Gasteiger partial charge in [-0.1, -0.05) is 0 Å². The first-order chi connectivity index (χ1) is 9.28. The van der Waals surface area contributed by atoms with Gasteiger partial charge in [-0.2, -0.15) is 0 Å². The molecule has 0 spiro atoms. The van der Waals surface area contributed by atoms with Gasteiger partial charge < -0.3 is 20.6 Å². The number of aromatic nitrogens is 3. The topological polar surface area (TPSA) is 71.7 Å². The van der Waals surface area contributed by atoms with Gasteiger partial charge in [-0.3, -0.25) is 0 Å². The third-order valence-corrected chi connectivity index (χ3v) is 2.92. The summed E-state index contributed by atoms with van der Waals surface area (Å²) in [6.07, 6.45) is 3.64. The maximum absolute atomic E-state index is 13.2. The van der Waals surface area contributed by atoms with Crippen molar-refractivity contribution in [2.24, 2.45) is 5.73 Å². The van der Waals surface area contributed by atoms with Gasteiger partial charge in [-0.15, -0.1) is 0 Å². The number of H-pyrrole nitrogens is 1. The molecule has 0 saturated carbocycles. The second kappa shape index (κ2) is 4.74. The largest absolute Gasteiger partial charge is 0.366 e. The second-order valence-corrected chi connectivity index (χ2v) is 4.23. The zero-order valence-electron chi connectivity index (χ0n) is 10.2. The van der Waals surface area contributed by atoms with E-state index in [1.165, 1.54) is 12.1 Å². The first-order valence-corrected chi connectivity index (χ1v) is 6.03. The standard InChI is InChI=1S/C13H14FN5/c14-9-1-2-12-11(7-9)18-13(19(12)6-4-15)17-10-3-5-16-8-10/h1-3,5,7-8,16H,4,6,15H2,(H,17,18). The summed E-state index contributed by atoms with van der Waals surface area (Å²) < 4.78 is 15.2. The normalized spacial score (nSPS) is 11.1. The molecule has 0 saturated heterocycles. The fourth-order valence-electron chi connectivity index (χ4n) is 2.08. The van der Waals surface area contributed by atoms with Crippen LogP contribution in [-0.2, 0) is 6.54 Å². The predicted molar refractivity (Wildman–Crippen MR) is 72.8 cm³/mol. The summed E-state index contributed by atoms with van der Waals surface area (Å²) in [5.41, 5.74) is 8.01. The number of hydrogen-bond donors (Lipinski definition) is 3. The molecule has 5 nitrogen and oxygen atoms in total. The lowest BCUT2D eigenvalue weighted by Crippen LogP contribution is -2.11. The number of halogens is 1. The van der Waals surface area contributed by atoms with Crippen LogP contribution in [-0.4, -0.2) is 21.1 Å². The van der Waals surface area contributed by atoms with Crippen molar-refractivity contribution in [3.8, 4) is 0 Å². The van der Waals surface area contributed by atoms with Gasteiger partial charge in [0.1, 0.15) is 5.82 Å². The van der Waals surface area contributed by atoms with Crippen LogP contribution in [0.25, 0.3) is 11.0 Å². The number of aromatic amines is 1. The zero-order chi connectivity index (χ0) is 13.2. The van der Waals surface area contributed by atoms with Crippen LogP contribution in [0.5, 0.6) is 0 Å². The summed E-state index contributed by atoms with van der Waals surface area (Å²) in [6.45, 7) is 1.11. The highest BCUT2D eigenvalue weighted by Crippen LogP contribution is 2.23. The summed E-state index contributed by atoms with van der Waals surface area (Å²) in [5.74, 6) is 0.365. The molecule has 0 atom stereocenters. The van der Waals surface area contributed by atoms with Gasteiger partial charge in [0.25, 0.3) is 0 Å². The number of benzene rings is 1. The lowest BCUT2D eigenvalue weighted by Gasteiger charge is -2.08. The van der Waals surface area contributed by atoms with Crippen LogP contribution in [0.1, 0.15) is 0 Å². The Hall–Kier alpha value is -2.34. The van der Waals surface area contributed by atoms with Crippen LogP contribution < -0.4 is 11.1 Å². The SMILES string of the molecule is NCCn1c(Nc2cc[nH]c2)nc2cc(F)ccc21. The van der Waals surface area contributed by atoms with E-state index >= 15 is 0 Å². The van der Waals surface area contributed by atoms with Crippen molar-refractivity contribution in [2.45, 2.75) is 6.54 Å². The van der Waals surface area contributed by atoms with Crippen LogP contribution in [0.4, 0.5) is 16.0 Å². The molecule has 6 heteroatoms. The Labute approximate surface area is 109 Å². The smallest absolute Gasteiger partial charge is 0.208 e. The highest BCUT2D eigenvalue weighted by Gasteiger charge is 2.11. The molecule has 0 aliphatic heterocycles. The molecule has 19 heavy (non-hydrogen) atoms. The van der Waals surface area contributed by atoms with Gasteiger partial charge >= 0.3 is 0 Å². The Morgan fingerprint density at radius 3 is 3.00 bits per heavy atom. The first kappa shape index (κ1) is 11.7. The van der Waals surface area contributed by atoms with Gasteiger partial charge in [0.05, 0.1) is 16.7 Å². The Kier molecular flexibility index (Phi) is 2.92. The van der Waals surface area contributed by atoms with E-state index in [2.05, 4.69) is 15.3 Å². The van der Waals surface area contributed by atoms with E-state index < -0.39 is 0 Å². The Morgan fingerprint density at radius 2 is 2.26 bits per heavy atom. The third kappa shape index (κ3) is 2.17. The fourth-order valence-corrected chi connectivity index (χ4v) is 2.08. The van der Waals surface area contributed by atoms with E-state index in [4.69, 9.17) is 5.73 Å². The number of nitrogens with one attached hydrogen (secondary N) is 2. The highest BCUT2D eigenvalue weighted by atomic mass is 19.1. The van der Waals surface area contributed by atoms with E-state index in [1.807, 2.05) is 23.0 Å². The average Bonchev–Trinajstić information content (AvgIpc) is 2.99. The van der Waals surface area contributed by atoms with E-state index in [0.29, 0.717) is 24.6 Å². The zero-order valence-corrected chi connectivity index (χ0v) is 10.2. The van der Waals surface area contributed by atoms with Gasteiger partial charge in [0.15, 0.2) is 0 Å². The Bertz CT molecular complexity index is 686. The minimum atomic E-state index is -0.293. The summed E-state index contributed by atoms with van der Waals surface area (Å²) in [5, 5.41) is 3.19. The molecule has 98 valence electrons. The van der Waals surface area contributed by atoms with Crippen molar-refractivity contribution >= 4 is 22.7 Å². The summed E-state index contributed by atoms with van der Waals surface area (Å²) in [7, 11) is 0. The van der Waals surface area contributed by atoms with Crippen molar-refractivity contribution in [3.05, 3.63) is 42.5 Å². The van der Waals surface area contributed by atoms with Crippen LogP contribution in [0, 0.1) is 5.82 Å². The number of imidazole rings is 1. The molecule has 1 aromatic carbocycles. The van der Waals surface area contributed by atoms with Crippen molar-refractivity contribution in [3.63, 3.8) is 0 Å². The number of nitrogens with zero attached hydrogens (tertiary/aromatic N) is 2. The summed E-state index contributed by atoms with van der Waals surface area (Å²) >= 11 is 0. The number of rotatable bonds is 4. The van der Waals surface area contributed by atoms with Gasteiger partial charge in [0, 0.05) is 31.5 Å². The minimum absolute atomic E-state index is 0.293. The van der Waals surface area contributed by atoms with Gasteiger partial charge in [-0.05, 0) is 18.2 Å². The molecule has 3 aromatic rings. The van der Waals surface area contributed by atoms with Crippen LogP contribution in [0.2, 0.25) is 0 Å². The Morgan fingerprint density at radius 1 is 1.37 bits per heavy atom. The molecule has 0 bridgehead atoms. The third-order valence-electron chi connectivity index (χ3n) is 2.92. The van der Waals surface area contributed by atoms with Gasteiger partial charge in [-0.25, -0.2) is 9.37 Å². The molecule has 2 heterocycles. The van der Waals surface area contributed by atoms with Gasteiger partial charge in [0.2, 0.25) is 5.95 Å². The van der Waals surface area contributed by atoms with Crippen molar-refractivity contribution < 1.29 is 4.39 Å². The molecule has 2 aromatic heterocycles. The van der Waals surface area contributed by atoms with Crippen molar-refractivity contribution in [1.29, 1.82) is 0 Å². The first-order valence-electron chi connectivity index (χ1n) is 6.03. The molecule has 4 N–H and O–H groups in total. The molecule has 0 unspecified atom stereocenters. The maximum Gasteiger partial charge on any atom is 0.208 e. The monoisotopic (exact) mass is 259 g/mol. The van der Waals surface area contributed by atoms with Crippen molar-refractivity contribution in [2.75, 3.05) is 11.9 Å².